The highest BCUT2D eigenvalue weighted by molar-refractivity contribution is 6.71. The Morgan fingerprint density at radius 3 is 2.00 bits per heavy atom. The van der Waals surface area contributed by atoms with E-state index >= 15 is 0 Å². The molecule has 1 fully saturated rings. The highest BCUT2D eigenvalue weighted by Crippen LogP contribution is 2.45. The summed E-state index contributed by atoms with van der Waals surface area (Å²) in [6.07, 6.45) is 15.4. The zero-order valence-corrected chi connectivity index (χ0v) is 11.3. The first-order chi connectivity index (χ1) is 7.83. The van der Waals surface area contributed by atoms with Crippen molar-refractivity contribution in [3.8, 4) is 0 Å². The minimum atomic E-state index is -2.08. The van der Waals surface area contributed by atoms with Gasteiger partial charge in [0.1, 0.15) is 0 Å². The summed E-state index contributed by atoms with van der Waals surface area (Å²) in [7, 11) is 1.59. The van der Waals surface area contributed by atoms with Crippen molar-refractivity contribution in [2.75, 3.05) is 14.2 Å². The van der Waals surface area contributed by atoms with Crippen LogP contribution in [0.15, 0.2) is 24.3 Å². The average Bonchev–Trinajstić information content (AvgIpc) is 2.87. The van der Waals surface area contributed by atoms with Gasteiger partial charge in [0.05, 0.1) is 0 Å². The van der Waals surface area contributed by atoms with Crippen LogP contribution in [0.1, 0.15) is 32.1 Å². The molecule has 0 aromatic heterocycles. The standard InChI is InChI=1S/C13H22O2Si/c1-14-16(15-2,13-10-6-7-11-13)12-8-4-3-5-9-12/h6-7,10-13H,3-5,8-9H2,1-2H3. The molecule has 1 saturated carbocycles. The predicted molar refractivity (Wildman–Crippen MR) is 68.6 cm³/mol. The van der Waals surface area contributed by atoms with E-state index in [4.69, 9.17) is 8.85 Å². The molecular weight excluding hydrogens is 216 g/mol. The Balaban J connectivity index is 2.18. The van der Waals surface area contributed by atoms with Gasteiger partial charge in [-0.15, -0.1) is 0 Å². The monoisotopic (exact) mass is 238 g/mol. The van der Waals surface area contributed by atoms with Gasteiger partial charge >= 0.3 is 8.56 Å². The molecule has 2 aliphatic rings. The van der Waals surface area contributed by atoms with E-state index in [9.17, 15) is 0 Å². The molecule has 3 heteroatoms. The predicted octanol–water partition coefficient (Wildman–Crippen LogP) is 3.55. The molecule has 0 heterocycles. The Morgan fingerprint density at radius 2 is 1.50 bits per heavy atom. The molecule has 90 valence electrons. The van der Waals surface area contributed by atoms with Gasteiger partial charge in [-0.05, 0) is 12.8 Å². The van der Waals surface area contributed by atoms with Crippen LogP contribution in [-0.2, 0) is 8.85 Å². The van der Waals surface area contributed by atoms with Gasteiger partial charge in [0.15, 0.2) is 0 Å². The first kappa shape index (κ1) is 12.1. The number of allylic oxidation sites excluding steroid dienone is 4. The van der Waals surface area contributed by atoms with Gasteiger partial charge in [-0.3, -0.25) is 0 Å². The van der Waals surface area contributed by atoms with Crippen molar-refractivity contribution in [1.29, 1.82) is 0 Å². The fourth-order valence-corrected chi connectivity index (χ4v) is 7.06. The summed E-state index contributed by atoms with van der Waals surface area (Å²) in [6.45, 7) is 0. The van der Waals surface area contributed by atoms with Gasteiger partial charge < -0.3 is 8.85 Å². The van der Waals surface area contributed by atoms with Gasteiger partial charge in [0.2, 0.25) is 0 Å². The number of hydrogen-bond donors (Lipinski definition) is 0. The van der Waals surface area contributed by atoms with E-state index in [1.807, 2.05) is 14.2 Å². The third kappa shape index (κ3) is 2.04. The molecule has 0 aromatic rings. The maximum atomic E-state index is 5.92. The largest absolute Gasteiger partial charge is 0.397 e. The highest BCUT2D eigenvalue weighted by atomic mass is 28.4. The van der Waals surface area contributed by atoms with E-state index in [0.29, 0.717) is 11.1 Å². The second kappa shape index (κ2) is 5.30. The summed E-state index contributed by atoms with van der Waals surface area (Å²) in [5.74, 6) is 0. The minimum absolute atomic E-state index is 0.408. The maximum Gasteiger partial charge on any atom is 0.351 e. The van der Waals surface area contributed by atoms with Crippen LogP contribution in [0.5, 0.6) is 0 Å². The molecule has 0 aromatic carbocycles. The molecule has 16 heavy (non-hydrogen) atoms. The fraction of sp³-hybridized carbons (Fsp3) is 0.692. The maximum absolute atomic E-state index is 5.92. The van der Waals surface area contributed by atoms with Crippen LogP contribution in [0.3, 0.4) is 0 Å². The van der Waals surface area contributed by atoms with E-state index in [1.54, 1.807) is 0 Å². The first-order valence-corrected chi connectivity index (χ1v) is 8.26. The lowest BCUT2D eigenvalue weighted by Gasteiger charge is -2.40. The zero-order chi connectivity index (χ0) is 11.4. The smallest absolute Gasteiger partial charge is 0.351 e. The molecule has 2 rings (SSSR count). The van der Waals surface area contributed by atoms with E-state index in [-0.39, 0.29) is 0 Å². The van der Waals surface area contributed by atoms with Crippen molar-refractivity contribution in [1.82, 2.24) is 0 Å². The molecule has 0 saturated heterocycles. The molecule has 0 atom stereocenters. The normalized spacial score (nSPS) is 23.1. The van der Waals surface area contributed by atoms with Gasteiger partial charge in [0.25, 0.3) is 0 Å². The lowest BCUT2D eigenvalue weighted by Crippen LogP contribution is -2.49. The van der Waals surface area contributed by atoms with Crippen LogP contribution in [0, 0.1) is 0 Å². The minimum Gasteiger partial charge on any atom is -0.397 e. The zero-order valence-electron chi connectivity index (χ0n) is 10.3. The van der Waals surface area contributed by atoms with Crippen molar-refractivity contribution < 1.29 is 8.85 Å². The Kier molecular flexibility index (Phi) is 4.00. The number of hydrogen-bond acceptors (Lipinski definition) is 2. The van der Waals surface area contributed by atoms with E-state index in [1.165, 1.54) is 32.1 Å². The van der Waals surface area contributed by atoms with Crippen LogP contribution in [0.4, 0.5) is 0 Å². The van der Waals surface area contributed by atoms with Crippen molar-refractivity contribution in [3.05, 3.63) is 24.3 Å². The summed E-state index contributed by atoms with van der Waals surface area (Å²) in [5, 5.41) is 0. The molecule has 0 N–H and O–H groups in total. The second-order valence-corrected chi connectivity index (χ2v) is 8.50. The molecule has 0 spiro atoms. The molecule has 0 radical (unpaired) electrons. The number of rotatable bonds is 4. The summed E-state index contributed by atoms with van der Waals surface area (Å²) in [5.41, 5.74) is 1.07. The third-order valence-electron chi connectivity index (χ3n) is 4.02. The fourth-order valence-electron chi connectivity index (χ4n) is 3.17. The topological polar surface area (TPSA) is 18.5 Å². The lowest BCUT2D eigenvalue weighted by atomic mass is 10.0. The van der Waals surface area contributed by atoms with E-state index in [0.717, 1.165) is 0 Å². The molecule has 0 bridgehead atoms. The van der Waals surface area contributed by atoms with Crippen LogP contribution < -0.4 is 0 Å². The summed E-state index contributed by atoms with van der Waals surface area (Å²) in [4.78, 5) is 0. The lowest BCUT2D eigenvalue weighted by molar-refractivity contribution is 0.214. The molecule has 2 aliphatic carbocycles. The quantitative estimate of drug-likeness (QED) is 0.697. The van der Waals surface area contributed by atoms with Gasteiger partial charge in [-0.1, -0.05) is 43.6 Å². The van der Waals surface area contributed by atoms with Gasteiger partial charge in [0, 0.05) is 25.3 Å². The molecular formula is C13H22O2Si. The summed E-state index contributed by atoms with van der Waals surface area (Å²) < 4.78 is 11.8. The Bertz CT molecular complexity index is 264. The van der Waals surface area contributed by atoms with E-state index in [2.05, 4.69) is 24.3 Å². The summed E-state index contributed by atoms with van der Waals surface area (Å²) >= 11 is 0. The van der Waals surface area contributed by atoms with Crippen molar-refractivity contribution >= 4 is 8.56 Å². The Morgan fingerprint density at radius 1 is 0.938 bits per heavy atom. The van der Waals surface area contributed by atoms with Crippen LogP contribution in [-0.4, -0.2) is 22.8 Å². The summed E-state index contributed by atoms with van der Waals surface area (Å²) in [6, 6.07) is 0. The molecule has 0 unspecified atom stereocenters. The van der Waals surface area contributed by atoms with Gasteiger partial charge in [-0.2, -0.15) is 0 Å². The van der Waals surface area contributed by atoms with E-state index < -0.39 is 8.56 Å². The van der Waals surface area contributed by atoms with Crippen LogP contribution >= 0.6 is 0 Å². The Hall–Kier alpha value is -0.383. The van der Waals surface area contributed by atoms with Crippen LogP contribution in [0.25, 0.3) is 0 Å². The second-order valence-electron chi connectivity index (χ2n) is 4.76. The van der Waals surface area contributed by atoms with Crippen molar-refractivity contribution in [3.63, 3.8) is 0 Å². The Labute approximate surface area is 99.6 Å². The van der Waals surface area contributed by atoms with Crippen molar-refractivity contribution in [2.45, 2.75) is 43.2 Å². The third-order valence-corrected chi connectivity index (χ3v) is 8.33. The van der Waals surface area contributed by atoms with Gasteiger partial charge in [-0.25, -0.2) is 0 Å². The molecule has 0 aliphatic heterocycles. The SMILES string of the molecule is CO[Si](OC)(C1C=CC=C1)C1CCCCC1. The highest BCUT2D eigenvalue weighted by Gasteiger charge is 2.49. The molecule has 2 nitrogen and oxygen atoms in total. The average molecular weight is 238 g/mol. The van der Waals surface area contributed by atoms with Crippen molar-refractivity contribution in [2.24, 2.45) is 0 Å². The molecule has 0 amide bonds. The van der Waals surface area contributed by atoms with Crippen LogP contribution in [0.2, 0.25) is 11.1 Å². The first-order valence-electron chi connectivity index (χ1n) is 6.29.